The van der Waals surface area contributed by atoms with Crippen molar-refractivity contribution in [1.82, 2.24) is 0 Å². The van der Waals surface area contributed by atoms with Crippen LogP contribution in [0.3, 0.4) is 0 Å². The molecule has 154 valence electrons. The topological polar surface area (TPSA) is 9.23 Å². The largest absolute Gasteiger partial charge is 0.337 e. The van der Waals surface area contributed by atoms with Gasteiger partial charge in [0, 0.05) is 21.4 Å². The van der Waals surface area contributed by atoms with Gasteiger partial charge in [-0.25, -0.2) is 0 Å². The molecule has 0 N–H and O–H groups in total. The Morgan fingerprint density at radius 1 is 0.733 bits per heavy atom. The third kappa shape index (κ3) is 2.83. The molecule has 0 aromatic heterocycles. The lowest BCUT2D eigenvalue weighted by molar-refractivity contribution is -0.121. The smallest absolute Gasteiger partial charge is 0.109 e. The predicted octanol–water partition coefficient (Wildman–Crippen LogP) is 6.79. The fourth-order valence-corrected chi connectivity index (χ4v) is 8.66. The lowest BCUT2D eigenvalue weighted by Gasteiger charge is -2.55. The van der Waals surface area contributed by atoms with Gasteiger partial charge in [0.25, 0.3) is 0 Å². The van der Waals surface area contributed by atoms with Crippen LogP contribution in [0, 0.1) is 16.7 Å². The van der Waals surface area contributed by atoms with Crippen LogP contribution in [0.5, 0.6) is 0 Å². The minimum atomic E-state index is -0.936. The molecule has 2 heteroatoms. The van der Waals surface area contributed by atoms with E-state index in [4.69, 9.17) is 4.52 Å². The minimum Gasteiger partial charge on any atom is -0.337 e. The van der Waals surface area contributed by atoms with Gasteiger partial charge in [-0.2, -0.15) is 0 Å². The van der Waals surface area contributed by atoms with Crippen LogP contribution in [0.25, 0.3) is 0 Å². The van der Waals surface area contributed by atoms with Crippen molar-refractivity contribution < 1.29 is 4.52 Å². The monoisotopic (exact) mass is 414 g/mol. The second-order valence-electron chi connectivity index (χ2n) is 9.83. The molecule has 3 aromatic rings. The van der Waals surface area contributed by atoms with Crippen LogP contribution in [0.1, 0.15) is 45.6 Å². The fourth-order valence-electron chi connectivity index (χ4n) is 6.43. The summed E-state index contributed by atoms with van der Waals surface area (Å²) in [6.45, 7) is 7.40. The Morgan fingerprint density at radius 2 is 1.23 bits per heavy atom. The summed E-state index contributed by atoms with van der Waals surface area (Å²) in [6, 6.07) is 32.8. The lowest BCUT2D eigenvalue weighted by atomic mass is 9.58. The molecule has 5 rings (SSSR count). The maximum absolute atomic E-state index is 7.57. The molecule has 0 saturated heterocycles. The van der Waals surface area contributed by atoms with Gasteiger partial charge in [-0.15, -0.1) is 0 Å². The molecule has 0 amide bonds. The van der Waals surface area contributed by atoms with Crippen LogP contribution in [0.2, 0.25) is 0 Å². The molecular weight excluding hydrogens is 383 g/mol. The molecule has 0 aliphatic heterocycles. The van der Waals surface area contributed by atoms with Crippen molar-refractivity contribution in [3.63, 3.8) is 0 Å². The van der Waals surface area contributed by atoms with E-state index >= 15 is 0 Å². The second kappa shape index (κ2) is 7.33. The Labute approximate surface area is 182 Å². The van der Waals surface area contributed by atoms with Gasteiger partial charge in [0.15, 0.2) is 0 Å². The van der Waals surface area contributed by atoms with E-state index in [1.165, 1.54) is 35.4 Å². The van der Waals surface area contributed by atoms with Gasteiger partial charge in [-0.05, 0) is 30.7 Å². The first-order valence-corrected chi connectivity index (χ1v) is 12.4. The molecule has 30 heavy (non-hydrogen) atoms. The number of hydrogen-bond donors (Lipinski definition) is 0. The summed E-state index contributed by atoms with van der Waals surface area (Å²) in [5.74, 6) is 0.700. The van der Waals surface area contributed by atoms with Crippen LogP contribution in [0.15, 0.2) is 91.0 Å². The van der Waals surface area contributed by atoms with E-state index in [1.54, 1.807) is 0 Å². The van der Waals surface area contributed by atoms with E-state index in [-0.39, 0.29) is 16.4 Å². The van der Waals surface area contributed by atoms with Crippen molar-refractivity contribution >= 4 is 18.8 Å². The Morgan fingerprint density at radius 3 is 1.70 bits per heavy atom. The zero-order valence-corrected chi connectivity index (χ0v) is 19.1. The Bertz CT molecular complexity index is 954. The maximum Gasteiger partial charge on any atom is 0.109 e. The standard InChI is InChI=1S/C28H31OP/c1-26(2)23-19-20-27(3,21-23)28(26,22-13-7-4-8-14-22)29-30(24-15-9-5-10-16-24)25-17-11-6-12-18-25/h4-18,23H,19-21H2,1-3H3/t23-,27+,28-/m0/s1. The SMILES string of the molecule is CC1(C)[C@H]2CC[C@](C)(C2)[C@]1(OP(c1ccccc1)c1ccccc1)c1ccccc1. The molecule has 3 atom stereocenters. The van der Waals surface area contributed by atoms with E-state index in [0.717, 1.165) is 0 Å². The van der Waals surface area contributed by atoms with Crippen LogP contribution in [0.4, 0.5) is 0 Å². The molecule has 0 spiro atoms. The highest BCUT2D eigenvalue weighted by Crippen LogP contribution is 2.75. The van der Waals surface area contributed by atoms with Crippen LogP contribution < -0.4 is 10.6 Å². The van der Waals surface area contributed by atoms with E-state index in [0.29, 0.717) is 5.92 Å². The zero-order valence-electron chi connectivity index (χ0n) is 18.2. The highest BCUT2D eigenvalue weighted by molar-refractivity contribution is 7.68. The summed E-state index contributed by atoms with van der Waals surface area (Å²) < 4.78 is 7.57. The van der Waals surface area contributed by atoms with Gasteiger partial charge in [0.05, 0.1) is 8.15 Å². The molecule has 0 heterocycles. The van der Waals surface area contributed by atoms with Crippen LogP contribution >= 0.6 is 8.15 Å². The summed E-state index contributed by atoms with van der Waals surface area (Å²) in [7, 11) is -0.936. The highest BCUT2D eigenvalue weighted by Gasteiger charge is 2.71. The van der Waals surface area contributed by atoms with Crippen molar-refractivity contribution in [3.05, 3.63) is 96.6 Å². The van der Waals surface area contributed by atoms with E-state index in [9.17, 15) is 0 Å². The maximum atomic E-state index is 7.57. The van der Waals surface area contributed by atoms with Crippen molar-refractivity contribution in [2.45, 2.75) is 45.6 Å². The average Bonchev–Trinajstić information content (AvgIpc) is 3.26. The summed E-state index contributed by atoms with van der Waals surface area (Å²) in [5.41, 5.74) is 1.26. The van der Waals surface area contributed by atoms with Gasteiger partial charge in [-0.1, -0.05) is 112 Å². The molecule has 2 bridgehead atoms. The van der Waals surface area contributed by atoms with E-state index < -0.39 is 8.15 Å². The molecule has 0 radical (unpaired) electrons. The minimum absolute atomic E-state index is 0.0749. The molecular formula is C28H31OP. The summed E-state index contributed by atoms with van der Waals surface area (Å²) in [5, 5.41) is 2.58. The first kappa shape index (κ1) is 20.0. The third-order valence-corrected chi connectivity index (χ3v) is 9.90. The van der Waals surface area contributed by atoms with E-state index in [2.05, 4.69) is 112 Å². The molecule has 3 aromatic carbocycles. The van der Waals surface area contributed by atoms with Crippen molar-refractivity contribution in [2.75, 3.05) is 0 Å². The normalized spacial score (nSPS) is 29.4. The number of rotatable bonds is 5. The quantitative estimate of drug-likeness (QED) is 0.418. The molecule has 2 saturated carbocycles. The van der Waals surface area contributed by atoms with Crippen LogP contribution in [-0.4, -0.2) is 0 Å². The highest BCUT2D eigenvalue weighted by atomic mass is 31.1. The molecule has 0 unspecified atom stereocenters. The van der Waals surface area contributed by atoms with Crippen LogP contribution in [-0.2, 0) is 10.1 Å². The number of fused-ring (bicyclic) bond motifs is 2. The van der Waals surface area contributed by atoms with Gasteiger partial charge >= 0.3 is 0 Å². The predicted molar refractivity (Wildman–Crippen MR) is 128 cm³/mol. The van der Waals surface area contributed by atoms with Gasteiger partial charge in [0.1, 0.15) is 5.60 Å². The molecule has 2 aliphatic rings. The Hall–Kier alpha value is -1.95. The Balaban J connectivity index is 1.71. The molecule has 2 fully saturated rings. The van der Waals surface area contributed by atoms with Crippen molar-refractivity contribution in [2.24, 2.45) is 16.7 Å². The van der Waals surface area contributed by atoms with Crippen molar-refractivity contribution in [3.8, 4) is 0 Å². The number of hydrogen-bond acceptors (Lipinski definition) is 1. The second-order valence-corrected chi connectivity index (χ2v) is 11.6. The van der Waals surface area contributed by atoms with Gasteiger partial charge < -0.3 is 4.52 Å². The fraction of sp³-hybridized carbons (Fsp3) is 0.357. The Kier molecular flexibility index (Phi) is 4.88. The first-order chi connectivity index (χ1) is 14.5. The summed E-state index contributed by atoms with van der Waals surface area (Å²) in [4.78, 5) is 0. The third-order valence-electron chi connectivity index (χ3n) is 7.91. The van der Waals surface area contributed by atoms with E-state index in [1.807, 2.05) is 0 Å². The summed E-state index contributed by atoms with van der Waals surface area (Å²) >= 11 is 0. The first-order valence-electron chi connectivity index (χ1n) is 11.1. The van der Waals surface area contributed by atoms with Crippen molar-refractivity contribution in [1.29, 1.82) is 0 Å². The van der Waals surface area contributed by atoms with Gasteiger partial charge in [0.2, 0.25) is 0 Å². The van der Waals surface area contributed by atoms with Gasteiger partial charge in [-0.3, -0.25) is 0 Å². The number of benzene rings is 3. The summed E-state index contributed by atoms with van der Waals surface area (Å²) in [6.07, 6.45) is 3.81. The molecule has 2 aliphatic carbocycles. The molecule has 1 nitrogen and oxygen atoms in total. The zero-order chi connectivity index (χ0) is 20.8. The average molecular weight is 415 g/mol. The lowest BCUT2D eigenvalue weighted by Crippen LogP contribution is -2.53.